The van der Waals surface area contributed by atoms with Gasteiger partial charge in [0.25, 0.3) is 0 Å². The first-order chi connectivity index (χ1) is 10.3. The number of rotatable bonds is 7. The molecule has 2 rings (SSSR count). The third-order valence-corrected chi connectivity index (χ3v) is 3.58. The summed E-state index contributed by atoms with van der Waals surface area (Å²) in [5.41, 5.74) is 2.38. The summed E-state index contributed by atoms with van der Waals surface area (Å²) in [6, 6.07) is 16.6. The van der Waals surface area contributed by atoms with Gasteiger partial charge in [0.15, 0.2) is 0 Å². The Bertz CT molecular complexity index is 547. The molecule has 0 amide bonds. The molecule has 0 radical (unpaired) electrons. The van der Waals surface area contributed by atoms with E-state index in [4.69, 9.17) is 9.47 Å². The highest BCUT2D eigenvalue weighted by molar-refractivity contribution is 5.31. The number of methoxy groups -OCH3 is 1. The largest absolute Gasteiger partial charge is 0.497 e. The van der Waals surface area contributed by atoms with Crippen molar-refractivity contribution < 1.29 is 9.47 Å². The molecule has 1 N–H and O–H groups in total. The lowest BCUT2D eigenvalue weighted by Gasteiger charge is -2.15. The summed E-state index contributed by atoms with van der Waals surface area (Å²) in [6.45, 7) is 2.73. The van der Waals surface area contributed by atoms with Crippen LogP contribution in [0.4, 0.5) is 0 Å². The molecule has 2 aromatic carbocycles. The first-order valence-corrected chi connectivity index (χ1v) is 7.29. The second-order valence-corrected chi connectivity index (χ2v) is 4.96. The minimum absolute atomic E-state index is 0.370. The van der Waals surface area contributed by atoms with Crippen molar-refractivity contribution in [1.82, 2.24) is 5.32 Å². The Morgan fingerprint density at radius 2 is 1.81 bits per heavy atom. The molecule has 0 spiro atoms. The van der Waals surface area contributed by atoms with E-state index in [1.54, 1.807) is 7.11 Å². The SMILES string of the molecule is CCC(NC)c1cccc(OCc2ccc(OC)cc2)c1. The molecule has 0 aliphatic carbocycles. The van der Waals surface area contributed by atoms with Crippen LogP contribution < -0.4 is 14.8 Å². The summed E-state index contributed by atoms with van der Waals surface area (Å²) in [4.78, 5) is 0. The minimum atomic E-state index is 0.370. The van der Waals surface area contributed by atoms with E-state index in [0.29, 0.717) is 12.6 Å². The molecule has 0 saturated heterocycles. The van der Waals surface area contributed by atoms with Crippen molar-refractivity contribution in [3.05, 3.63) is 59.7 Å². The van der Waals surface area contributed by atoms with E-state index in [1.807, 2.05) is 43.4 Å². The van der Waals surface area contributed by atoms with E-state index in [2.05, 4.69) is 24.4 Å². The van der Waals surface area contributed by atoms with Gasteiger partial charge in [-0.3, -0.25) is 0 Å². The van der Waals surface area contributed by atoms with E-state index in [-0.39, 0.29) is 0 Å². The van der Waals surface area contributed by atoms with Gasteiger partial charge in [-0.2, -0.15) is 0 Å². The van der Waals surface area contributed by atoms with Gasteiger partial charge in [0.05, 0.1) is 7.11 Å². The van der Waals surface area contributed by atoms with Crippen LogP contribution in [0.15, 0.2) is 48.5 Å². The van der Waals surface area contributed by atoms with Crippen LogP contribution >= 0.6 is 0 Å². The lowest BCUT2D eigenvalue weighted by Crippen LogP contribution is -2.15. The van der Waals surface area contributed by atoms with Gasteiger partial charge in [0.2, 0.25) is 0 Å². The van der Waals surface area contributed by atoms with Crippen LogP contribution in [0.1, 0.15) is 30.5 Å². The highest BCUT2D eigenvalue weighted by Crippen LogP contribution is 2.22. The average molecular weight is 285 g/mol. The molecule has 2 aromatic rings. The second kappa shape index (κ2) is 7.70. The van der Waals surface area contributed by atoms with Crippen LogP contribution in [-0.4, -0.2) is 14.2 Å². The van der Waals surface area contributed by atoms with Crippen LogP contribution in [0.2, 0.25) is 0 Å². The maximum absolute atomic E-state index is 5.88. The van der Waals surface area contributed by atoms with Crippen molar-refractivity contribution in [1.29, 1.82) is 0 Å². The van der Waals surface area contributed by atoms with Gasteiger partial charge in [-0.15, -0.1) is 0 Å². The summed E-state index contributed by atoms with van der Waals surface area (Å²) < 4.78 is 11.0. The summed E-state index contributed by atoms with van der Waals surface area (Å²) in [7, 11) is 3.65. The Hall–Kier alpha value is -2.00. The quantitative estimate of drug-likeness (QED) is 0.835. The zero-order valence-electron chi connectivity index (χ0n) is 12.9. The normalized spacial score (nSPS) is 12.0. The Balaban J connectivity index is 2.00. The number of benzene rings is 2. The molecule has 0 fully saturated rings. The molecular formula is C18H23NO2. The van der Waals surface area contributed by atoms with Crippen molar-refractivity contribution in [2.24, 2.45) is 0 Å². The summed E-state index contributed by atoms with van der Waals surface area (Å²) in [5.74, 6) is 1.76. The molecule has 0 aliphatic rings. The van der Waals surface area contributed by atoms with Gasteiger partial charge in [0.1, 0.15) is 18.1 Å². The maximum Gasteiger partial charge on any atom is 0.120 e. The topological polar surface area (TPSA) is 30.5 Å². The number of nitrogens with one attached hydrogen (secondary N) is 1. The molecular weight excluding hydrogens is 262 g/mol. The van der Waals surface area contributed by atoms with E-state index in [0.717, 1.165) is 23.5 Å². The third-order valence-electron chi connectivity index (χ3n) is 3.58. The Morgan fingerprint density at radius 1 is 1.05 bits per heavy atom. The summed E-state index contributed by atoms with van der Waals surface area (Å²) in [5, 5.41) is 3.31. The Kier molecular flexibility index (Phi) is 5.64. The first-order valence-electron chi connectivity index (χ1n) is 7.29. The van der Waals surface area contributed by atoms with Gasteiger partial charge >= 0.3 is 0 Å². The van der Waals surface area contributed by atoms with Crippen molar-refractivity contribution >= 4 is 0 Å². The first kappa shape index (κ1) is 15.4. The zero-order valence-corrected chi connectivity index (χ0v) is 12.9. The number of ether oxygens (including phenoxy) is 2. The fourth-order valence-electron chi connectivity index (χ4n) is 2.32. The highest BCUT2D eigenvalue weighted by atomic mass is 16.5. The summed E-state index contributed by atoms with van der Waals surface area (Å²) >= 11 is 0. The van der Waals surface area contributed by atoms with Gasteiger partial charge in [0, 0.05) is 6.04 Å². The molecule has 3 nitrogen and oxygen atoms in total. The molecule has 112 valence electrons. The molecule has 0 heterocycles. The molecule has 1 atom stereocenters. The van der Waals surface area contributed by atoms with Crippen LogP contribution in [-0.2, 0) is 6.61 Å². The predicted molar refractivity (Wildman–Crippen MR) is 85.9 cm³/mol. The van der Waals surface area contributed by atoms with E-state index >= 15 is 0 Å². The van der Waals surface area contributed by atoms with Crippen molar-refractivity contribution in [3.8, 4) is 11.5 Å². The molecule has 3 heteroatoms. The third kappa shape index (κ3) is 4.23. The van der Waals surface area contributed by atoms with Gasteiger partial charge in [-0.25, -0.2) is 0 Å². The van der Waals surface area contributed by atoms with E-state index < -0.39 is 0 Å². The van der Waals surface area contributed by atoms with Crippen LogP contribution in [0.5, 0.6) is 11.5 Å². The fourth-order valence-corrected chi connectivity index (χ4v) is 2.32. The lowest BCUT2D eigenvalue weighted by atomic mass is 10.0. The Morgan fingerprint density at radius 3 is 2.43 bits per heavy atom. The predicted octanol–water partition coefficient (Wildman–Crippen LogP) is 3.94. The monoisotopic (exact) mass is 285 g/mol. The van der Waals surface area contributed by atoms with Crippen LogP contribution in [0, 0.1) is 0 Å². The van der Waals surface area contributed by atoms with E-state index in [1.165, 1.54) is 5.56 Å². The second-order valence-electron chi connectivity index (χ2n) is 4.96. The standard InChI is InChI=1S/C18H23NO2/c1-4-18(19-2)15-6-5-7-17(12-15)21-13-14-8-10-16(20-3)11-9-14/h5-12,18-19H,4,13H2,1-3H3. The van der Waals surface area contributed by atoms with Crippen molar-refractivity contribution in [2.75, 3.05) is 14.2 Å². The van der Waals surface area contributed by atoms with Gasteiger partial charge in [-0.05, 0) is 48.9 Å². The molecule has 0 bridgehead atoms. The average Bonchev–Trinajstić information content (AvgIpc) is 2.55. The maximum atomic E-state index is 5.88. The van der Waals surface area contributed by atoms with Gasteiger partial charge in [-0.1, -0.05) is 31.2 Å². The van der Waals surface area contributed by atoms with Crippen molar-refractivity contribution in [3.63, 3.8) is 0 Å². The molecule has 0 aromatic heterocycles. The van der Waals surface area contributed by atoms with Crippen molar-refractivity contribution in [2.45, 2.75) is 26.0 Å². The fraction of sp³-hybridized carbons (Fsp3) is 0.333. The van der Waals surface area contributed by atoms with E-state index in [9.17, 15) is 0 Å². The molecule has 0 saturated carbocycles. The zero-order chi connectivity index (χ0) is 15.1. The van der Waals surface area contributed by atoms with Crippen LogP contribution in [0.25, 0.3) is 0 Å². The smallest absolute Gasteiger partial charge is 0.120 e. The minimum Gasteiger partial charge on any atom is -0.497 e. The molecule has 0 aliphatic heterocycles. The molecule has 21 heavy (non-hydrogen) atoms. The number of hydrogen-bond donors (Lipinski definition) is 1. The highest BCUT2D eigenvalue weighted by Gasteiger charge is 2.07. The molecule has 1 unspecified atom stereocenters. The summed E-state index contributed by atoms with van der Waals surface area (Å²) in [6.07, 6.45) is 1.05. The Labute approximate surface area is 126 Å². The lowest BCUT2D eigenvalue weighted by molar-refractivity contribution is 0.305. The van der Waals surface area contributed by atoms with Crippen LogP contribution in [0.3, 0.4) is 0 Å². The number of hydrogen-bond acceptors (Lipinski definition) is 3. The van der Waals surface area contributed by atoms with Gasteiger partial charge < -0.3 is 14.8 Å².